The summed E-state index contributed by atoms with van der Waals surface area (Å²) in [6, 6.07) is 5.84. The second-order valence-electron chi connectivity index (χ2n) is 5.81. The molecule has 114 valence electrons. The van der Waals surface area contributed by atoms with E-state index in [0.29, 0.717) is 6.54 Å². The Kier molecular flexibility index (Phi) is 3.76. The van der Waals surface area contributed by atoms with Crippen molar-refractivity contribution in [1.82, 2.24) is 10.2 Å². The van der Waals surface area contributed by atoms with Gasteiger partial charge in [-0.05, 0) is 43.5 Å². The standard InChI is InChI=1S/C16H22N2O3/c1-3-16(7-4-8-17-16)15(19)18(2)10-12-5-6-13-14(9-12)21-11-20-13/h5-6,9,17H,3-4,7-8,10-11H2,1-2H3. The highest BCUT2D eigenvalue weighted by molar-refractivity contribution is 5.86. The Morgan fingerprint density at radius 1 is 1.38 bits per heavy atom. The first-order chi connectivity index (χ1) is 10.1. The normalized spacial score (nSPS) is 23.3. The molecule has 1 amide bonds. The lowest BCUT2D eigenvalue weighted by atomic mass is 9.92. The largest absolute Gasteiger partial charge is 0.454 e. The molecule has 5 heteroatoms. The lowest BCUT2D eigenvalue weighted by molar-refractivity contribution is -0.137. The Balaban J connectivity index is 1.71. The Morgan fingerprint density at radius 2 is 2.19 bits per heavy atom. The maximum Gasteiger partial charge on any atom is 0.242 e. The van der Waals surface area contributed by atoms with Crippen molar-refractivity contribution in [3.05, 3.63) is 23.8 Å². The third-order valence-electron chi connectivity index (χ3n) is 4.46. The number of hydrogen-bond acceptors (Lipinski definition) is 4. The highest BCUT2D eigenvalue weighted by Crippen LogP contribution is 2.33. The van der Waals surface area contributed by atoms with Crippen molar-refractivity contribution in [3.63, 3.8) is 0 Å². The molecule has 0 bridgehead atoms. The lowest BCUT2D eigenvalue weighted by Crippen LogP contribution is -2.53. The summed E-state index contributed by atoms with van der Waals surface area (Å²) < 4.78 is 10.7. The fourth-order valence-electron chi connectivity index (χ4n) is 3.19. The van der Waals surface area contributed by atoms with Gasteiger partial charge in [-0.1, -0.05) is 13.0 Å². The number of likely N-dealkylation sites (N-methyl/N-ethyl adjacent to an activating group) is 1. The average molecular weight is 290 g/mol. The van der Waals surface area contributed by atoms with Crippen LogP contribution in [0.4, 0.5) is 0 Å². The summed E-state index contributed by atoms with van der Waals surface area (Å²) in [6.07, 6.45) is 2.82. The zero-order valence-corrected chi connectivity index (χ0v) is 12.6. The number of carbonyl (C=O) groups is 1. The van der Waals surface area contributed by atoms with Gasteiger partial charge in [-0.25, -0.2) is 0 Å². The molecule has 1 aromatic rings. The maximum atomic E-state index is 12.7. The molecule has 1 atom stereocenters. The monoisotopic (exact) mass is 290 g/mol. The first kappa shape index (κ1) is 14.2. The number of nitrogens with one attached hydrogen (secondary N) is 1. The van der Waals surface area contributed by atoms with Gasteiger partial charge in [0, 0.05) is 13.6 Å². The van der Waals surface area contributed by atoms with E-state index in [-0.39, 0.29) is 18.2 Å². The fraction of sp³-hybridized carbons (Fsp3) is 0.562. The minimum Gasteiger partial charge on any atom is -0.454 e. The Labute approximate surface area is 125 Å². The second kappa shape index (κ2) is 5.56. The van der Waals surface area contributed by atoms with Crippen molar-refractivity contribution < 1.29 is 14.3 Å². The Hall–Kier alpha value is -1.75. The number of amides is 1. The topological polar surface area (TPSA) is 50.8 Å². The molecule has 21 heavy (non-hydrogen) atoms. The van der Waals surface area contributed by atoms with Gasteiger partial charge in [0.25, 0.3) is 0 Å². The van der Waals surface area contributed by atoms with Crippen LogP contribution in [0.25, 0.3) is 0 Å². The SMILES string of the molecule is CCC1(C(=O)N(C)Cc2ccc3c(c2)OCO3)CCCN1. The molecule has 3 rings (SSSR count). The minimum atomic E-state index is -0.370. The molecule has 1 fully saturated rings. The van der Waals surface area contributed by atoms with Crippen LogP contribution in [0.2, 0.25) is 0 Å². The number of hydrogen-bond donors (Lipinski definition) is 1. The molecule has 1 N–H and O–H groups in total. The van der Waals surface area contributed by atoms with Crippen molar-refractivity contribution in [1.29, 1.82) is 0 Å². The summed E-state index contributed by atoms with van der Waals surface area (Å²) in [5, 5.41) is 3.39. The smallest absolute Gasteiger partial charge is 0.242 e. The summed E-state index contributed by atoms with van der Waals surface area (Å²) >= 11 is 0. The van der Waals surface area contributed by atoms with E-state index in [0.717, 1.165) is 42.9 Å². The zero-order chi connectivity index (χ0) is 14.9. The van der Waals surface area contributed by atoms with Gasteiger partial charge in [-0.15, -0.1) is 0 Å². The quantitative estimate of drug-likeness (QED) is 0.920. The van der Waals surface area contributed by atoms with Crippen molar-refractivity contribution in [2.45, 2.75) is 38.3 Å². The van der Waals surface area contributed by atoms with Crippen LogP contribution in [0.15, 0.2) is 18.2 Å². The number of benzene rings is 1. The summed E-state index contributed by atoms with van der Waals surface area (Å²) in [5.74, 6) is 1.72. The van der Waals surface area contributed by atoms with Crippen LogP contribution < -0.4 is 14.8 Å². The third-order valence-corrected chi connectivity index (χ3v) is 4.46. The molecular formula is C16H22N2O3. The van der Waals surface area contributed by atoms with Crippen LogP contribution in [0.1, 0.15) is 31.7 Å². The fourth-order valence-corrected chi connectivity index (χ4v) is 3.19. The molecule has 0 aliphatic carbocycles. The van der Waals surface area contributed by atoms with E-state index in [2.05, 4.69) is 12.2 Å². The molecule has 2 aliphatic rings. The van der Waals surface area contributed by atoms with E-state index in [1.165, 1.54) is 0 Å². The number of carbonyl (C=O) groups excluding carboxylic acids is 1. The summed E-state index contributed by atoms with van der Waals surface area (Å²) in [5.41, 5.74) is 0.685. The Morgan fingerprint density at radius 3 is 2.90 bits per heavy atom. The Bertz CT molecular complexity index is 538. The first-order valence-electron chi connectivity index (χ1n) is 7.54. The molecule has 0 aromatic heterocycles. The van der Waals surface area contributed by atoms with E-state index in [1.54, 1.807) is 4.90 Å². The van der Waals surface area contributed by atoms with Crippen LogP contribution in [-0.2, 0) is 11.3 Å². The van der Waals surface area contributed by atoms with Crippen molar-refractivity contribution in [2.24, 2.45) is 0 Å². The predicted molar refractivity (Wildman–Crippen MR) is 79.3 cm³/mol. The van der Waals surface area contributed by atoms with Gasteiger partial charge in [0.1, 0.15) is 0 Å². The maximum absolute atomic E-state index is 12.7. The molecule has 1 unspecified atom stereocenters. The third kappa shape index (κ3) is 2.58. The second-order valence-corrected chi connectivity index (χ2v) is 5.81. The lowest BCUT2D eigenvalue weighted by Gasteiger charge is -2.32. The van der Waals surface area contributed by atoms with Gasteiger partial charge in [-0.2, -0.15) is 0 Å². The highest BCUT2D eigenvalue weighted by atomic mass is 16.7. The summed E-state index contributed by atoms with van der Waals surface area (Å²) in [6.45, 7) is 3.86. The van der Waals surface area contributed by atoms with Crippen LogP contribution in [0.3, 0.4) is 0 Å². The van der Waals surface area contributed by atoms with Gasteiger partial charge in [-0.3, -0.25) is 4.79 Å². The van der Waals surface area contributed by atoms with Crippen molar-refractivity contribution >= 4 is 5.91 Å². The van der Waals surface area contributed by atoms with Crippen molar-refractivity contribution in [3.8, 4) is 11.5 Å². The van der Waals surface area contributed by atoms with Gasteiger partial charge >= 0.3 is 0 Å². The van der Waals surface area contributed by atoms with E-state index >= 15 is 0 Å². The van der Waals surface area contributed by atoms with Crippen LogP contribution in [0, 0.1) is 0 Å². The van der Waals surface area contributed by atoms with Crippen LogP contribution in [-0.4, -0.2) is 36.7 Å². The molecule has 5 nitrogen and oxygen atoms in total. The molecular weight excluding hydrogens is 268 g/mol. The first-order valence-corrected chi connectivity index (χ1v) is 7.54. The van der Waals surface area contributed by atoms with Gasteiger partial charge in [0.2, 0.25) is 12.7 Å². The van der Waals surface area contributed by atoms with E-state index in [9.17, 15) is 4.79 Å². The number of ether oxygens (including phenoxy) is 2. The van der Waals surface area contributed by atoms with E-state index in [4.69, 9.17) is 9.47 Å². The minimum absolute atomic E-state index is 0.181. The zero-order valence-electron chi connectivity index (χ0n) is 12.6. The molecule has 1 saturated heterocycles. The van der Waals surface area contributed by atoms with Gasteiger partial charge < -0.3 is 19.7 Å². The van der Waals surface area contributed by atoms with Crippen LogP contribution in [0.5, 0.6) is 11.5 Å². The average Bonchev–Trinajstić information content (AvgIpc) is 3.15. The molecule has 0 radical (unpaired) electrons. The molecule has 1 aromatic carbocycles. The van der Waals surface area contributed by atoms with Gasteiger partial charge in [0.05, 0.1) is 5.54 Å². The predicted octanol–water partition coefficient (Wildman–Crippen LogP) is 1.91. The van der Waals surface area contributed by atoms with E-state index < -0.39 is 0 Å². The summed E-state index contributed by atoms with van der Waals surface area (Å²) in [7, 11) is 1.87. The molecule has 0 saturated carbocycles. The number of rotatable bonds is 4. The molecule has 0 spiro atoms. The van der Waals surface area contributed by atoms with Crippen LogP contribution >= 0.6 is 0 Å². The summed E-state index contributed by atoms with van der Waals surface area (Å²) in [4.78, 5) is 14.5. The number of nitrogens with zero attached hydrogens (tertiary/aromatic N) is 1. The number of fused-ring (bicyclic) bond motifs is 1. The molecule has 2 aliphatic heterocycles. The van der Waals surface area contributed by atoms with Crippen molar-refractivity contribution in [2.75, 3.05) is 20.4 Å². The molecule has 2 heterocycles. The van der Waals surface area contributed by atoms with Gasteiger partial charge in [0.15, 0.2) is 11.5 Å². The highest BCUT2D eigenvalue weighted by Gasteiger charge is 2.40. The van der Waals surface area contributed by atoms with E-state index in [1.807, 2.05) is 25.2 Å².